The number of amides is 1. The summed E-state index contributed by atoms with van der Waals surface area (Å²) in [4.78, 5) is 14.8. The van der Waals surface area contributed by atoms with Crippen molar-refractivity contribution < 1.29 is 4.79 Å². The number of nitrogens with two attached hydrogens (primary N) is 1. The quantitative estimate of drug-likeness (QED) is 0.743. The largest absolute Gasteiger partial charge is 0.399 e. The molecule has 2 N–H and O–H groups in total. The minimum Gasteiger partial charge on any atom is -0.399 e. The van der Waals surface area contributed by atoms with Gasteiger partial charge in [-0.2, -0.15) is 0 Å². The van der Waals surface area contributed by atoms with Gasteiger partial charge in [-0.3, -0.25) is 4.79 Å². The Bertz CT molecular complexity index is 671. The Balaban J connectivity index is 0.00000225. The van der Waals surface area contributed by atoms with Crippen molar-refractivity contribution in [3.63, 3.8) is 0 Å². The molecule has 1 saturated carbocycles. The molecule has 0 saturated heterocycles. The third-order valence-electron chi connectivity index (χ3n) is 4.94. The molecule has 3 rings (SSSR count). The lowest BCUT2D eigenvalue weighted by Gasteiger charge is -2.32. The van der Waals surface area contributed by atoms with E-state index >= 15 is 0 Å². The first-order valence-electron chi connectivity index (χ1n) is 8.87. The van der Waals surface area contributed by atoms with Crippen LogP contribution in [0.25, 0.3) is 0 Å². The molecule has 1 fully saturated rings. The van der Waals surface area contributed by atoms with Crippen molar-refractivity contribution in [2.24, 2.45) is 5.92 Å². The lowest BCUT2D eigenvalue weighted by atomic mass is 9.85. The van der Waals surface area contributed by atoms with Gasteiger partial charge < -0.3 is 10.6 Å². The molecule has 0 aliphatic heterocycles. The molecular formula is C21H27ClN2O. The number of benzene rings is 2. The Morgan fingerprint density at radius 2 is 1.72 bits per heavy atom. The summed E-state index contributed by atoms with van der Waals surface area (Å²) < 4.78 is 0. The number of nitrogen functional groups attached to an aromatic ring is 1. The lowest BCUT2D eigenvalue weighted by Crippen LogP contribution is -2.37. The summed E-state index contributed by atoms with van der Waals surface area (Å²) in [5.74, 6) is 0.911. The molecule has 1 amide bonds. The number of hydrogen-bond acceptors (Lipinski definition) is 2. The van der Waals surface area contributed by atoms with Crippen LogP contribution in [0.3, 0.4) is 0 Å². The summed E-state index contributed by atoms with van der Waals surface area (Å²) in [5.41, 5.74) is 9.03. The van der Waals surface area contributed by atoms with Crippen LogP contribution in [0.5, 0.6) is 0 Å². The van der Waals surface area contributed by atoms with E-state index in [9.17, 15) is 4.79 Å². The van der Waals surface area contributed by atoms with Gasteiger partial charge in [0.05, 0.1) is 0 Å². The molecule has 0 aromatic heterocycles. The molecule has 0 atom stereocenters. The summed E-state index contributed by atoms with van der Waals surface area (Å²) in [7, 11) is 0. The molecule has 0 unspecified atom stereocenters. The highest BCUT2D eigenvalue weighted by Crippen LogP contribution is 2.28. The van der Waals surface area contributed by atoms with E-state index in [1.165, 1.54) is 24.8 Å². The van der Waals surface area contributed by atoms with E-state index in [-0.39, 0.29) is 18.3 Å². The third kappa shape index (κ3) is 5.50. The van der Waals surface area contributed by atoms with E-state index in [4.69, 9.17) is 5.73 Å². The Kier molecular flexibility index (Phi) is 7.32. The molecule has 0 heterocycles. The minimum absolute atomic E-state index is 0. The third-order valence-corrected chi connectivity index (χ3v) is 4.94. The number of nitrogens with zero attached hydrogens (tertiary/aromatic N) is 1. The second-order valence-electron chi connectivity index (χ2n) is 6.76. The van der Waals surface area contributed by atoms with Gasteiger partial charge in [0.2, 0.25) is 5.91 Å². The Labute approximate surface area is 156 Å². The van der Waals surface area contributed by atoms with Crippen molar-refractivity contribution in [3.8, 4) is 0 Å². The average Bonchev–Trinajstić information content (AvgIpc) is 2.57. The van der Waals surface area contributed by atoms with Crippen molar-refractivity contribution >= 4 is 24.0 Å². The van der Waals surface area contributed by atoms with Crippen LogP contribution in [0.1, 0.15) is 36.8 Å². The monoisotopic (exact) mass is 358 g/mol. The fraction of sp³-hybridized carbons (Fsp3) is 0.381. The van der Waals surface area contributed by atoms with E-state index in [1.54, 1.807) is 0 Å². The van der Waals surface area contributed by atoms with Gasteiger partial charge in [-0.25, -0.2) is 0 Å². The highest BCUT2D eigenvalue weighted by Gasteiger charge is 2.23. The molecule has 3 nitrogen and oxygen atoms in total. The van der Waals surface area contributed by atoms with E-state index < -0.39 is 0 Å². The van der Waals surface area contributed by atoms with Crippen LogP contribution in [0.4, 0.5) is 5.69 Å². The first-order valence-corrected chi connectivity index (χ1v) is 8.87. The fourth-order valence-corrected chi connectivity index (χ4v) is 3.21. The van der Waals surface area contributed by atoms with Crippen LogP contribution in [0.2, 0.25) is 0 Å². The number of aryl methyl sites for hydroxylation is 1. The molecular weight excluding hydrogens is 332 g/mol. The van der Waals surface area contributed by atoms with Crippen molar-refractivity contribution in [2.45, 2.75) is 38.6 Å². The SMILES string of the molecule is Cl.Nc1ccccc1CCC(=O)N(Cc1ccccc1)CC1CCC1. The number of para-hydroxylation sites is 1. The van der Waals surface area contributed by atoms with Crippen molar-refractivity contribution in [3.05, 3.63) is 65.7 Å². The second kappa shape index (κ2) is 9.47. The average molecular weight is 359 g/mol. The zero-order valence-corrected chi connectivity index (χ0v) is 15.4. The van der Waals surface area contributed by atoms with Gasteiger partial charge in [-0.1, -0.05) is 55.0 Å². The van der Waals surface area contributed by atoms with Crippen LogP contribution < -0.4 is 5.73 Å². The maximum atomic E-state index is 12.8. The zero-order valence-electron chi connectivity index (χ0n) is 14.6. The summed E-state index contributed by atoms with van der Waals surface area (Å²) in [6, 6.07) is 18.1. The second-order valence-corrected chi connectivity index (χ2v) is 6.76. The van der Waals surface area contributed by atoms with Gasteiger partial charge in [0.15, 0.2) is 0 Å². The van der Waals surface area contributed by atoms with Crippen molar-refractivity contribution in [2.75, 3.05) is 12.3 Å². The van der Waals surface area contributed by atoms with Crippen LogP contribution in [-0.2, 0) is 17.8 Å². The molecule has 1 aliphatic carbocycles. The molecule has 0 spiro atoms. The predicted octanol–water partition coefficient (Wildman–Crippen LogP) is 4.45. The van der Waals surface area contributed by atoms with E-state index in [0.717, 1.165) is 17.8 Å². The Morgan fingerprint density at radius 3 is 2.36 bits per heavy atom. The summed E-state index contributed by atoms with van der Waals surface area (Å²) in [6.07, 6.45) is 5.04. The maximum Gasteiger partial charge on any atom is 0.223 e. The molecule has 2 aromatic rings. The number of carbonyl (C=O) groups is 1. The summed E-state index contributed by atoms with van der Waals surface area (Å²) in [6.45, 7) is 1.60. The summed E-state index contributed by atoms with van der Waals surface area (Å²) >= 11 is 0. The molecule has 2 aromatic carbocycles. The van der Waals surface area contributed by atoms with Gasteiger partial charge in [-0.15, -0.1) is 12.4 Å². The molecule has 134 valence electrons. The number of halogens is 1. The van der Waals surface area contributed by atoms with E-state index in [0.29, 0.717) is 25.3 Å². The van der Waals surface area contributed by atoms with E-state index in [1.807, 2.05) is 47.4 Å². The zero-order chi connectivity index (χ0) is 16.8. The van der Waals surface area contributed by atoms with Gasteiger partial charge in [-0.05, 0) is 42.4 Å². The molecule has 4 heteroatoms. The maximum absolute atomic E-state index is 12.8. The fourth-order valence-electron chi connectivity index (χ4n) is 3.21. The number of anilines is 1. The first-order chi connectivity index (χ1) is 11.7. The lowest BCUT2D eigenvalue weighted by molar-refractivity contribution is -0.132. The standard InChI is InChI=1S/C21H26N2O.ClH/c22-20-12-5-4-11-19(20)13-14-21(24)23(16-18-9-6-10-18)15-17-7-2-1-3-8-17;/h1-5,7-8,11-12,18H,6,9-10,13-16,22H2;1H. The van der Waals surface area contributed by atoms with Crippen molar-refractivity contribution in [1.82, 2.24) is 4.90 Å². The van der Waals surface area contributed by atoms with Crippen LogP contribution >= 0.6 is 12.4 Å². The predicted molar refractivity (Wildman–Crippen MR) is 106 cm³/mol. The minimum atomic E-state index is 0. The Hall–Kier alpha value is -2.00. The van der Waals surface area contributed by atoms with E-state index in [2.05, 4.69) is 12.1 Å². The molecule has 25 heavy (non-hydrogen) atoms. The smallest absolute Gasteiger partial charge is 0.223 e. The van der Waals surface area contributed by atoms with Crippen LogP contribution in [0, 0.1) is 5.92 Å². The van der Waals surface area contributed by atoms with Gasteiger partial charge in [0, 0.05) is 25.2 Å². The number of rotatable bonds is 7. The highest BCUT2D eigenvalue weighted by molar-refractivity contribution is 5.85. The van der Waals surface area contributed by atoms with Gasteiger partial charge in [0.1, 0.15) is 0 Å². The normalized spacial score (nSPS) is 13.6. The van der Waals surface area contributed by atoms with Crippen LogP contribution in [0.15, 0.2) is 54.6 Å². The van der Waals surface area contributed by atoms with Gasteiger partial charge >= 0.3 is 0 Å². The first kappa shape index (κ1) is 19.3. The van der Waals surface area contributed by atoms with Crippen molar-refractivity contribution in [1.29, 1.82) is 0 Å². The van der Waals surface area contributed by atoms with Gasteiger partial charge in [0.25, 0.3) is 0 Å². The molecule has 0 radical (unpaired) electrons. The molecule has 1 aliphatic rings. The topological polar surface area (TPSA) is 46.3 Å². The Morgan fingerprint density at radius 1 is 1.04 bits per heavy atom. The number of carbonyl (C=O) groups excluding carboxylic acids is 1. The summed E-state index contributed by atoms with van der Waals surface area (Å²) in [5, 5.41) is 0. The highest BCUT2D eigenvalue weighted by atomic mass is 35.5. The molecule has 0 bridgehead atoms. The van der Waals surface area contributed by atoms with Crippen LogP contribution in [-0.4, -0.2) is 17.4 Å². The number of hydrogen-bond donors (Lipinski definition) is 1.